The van der Waals surface area contributed by atoms with Gasteiger partial charge in [0.2, 0.25) is 0 Å². The van der Waals surface area contributed by atoms with Crippen LogP contribution in [0.2, 0.25) is 0 Å². The van der Waals surface area contributed by atoms with Crippen LogP contribution in [-0.2, 0) is 16.4 Å². The van der Waals surface area contributed by atoms with Crippen LogP contribution in [0.15, 0.2) is 65.6 Å². The van der Waals surface area contributed by atoms with Crippen molar-refractivity contribution in [2.45, 2.75) is 17.9 Å². The zero-order valence-electron chi connectivity index (χ0n) is 17.4. The molecule has 0 aromatic heterocycles. The van der Waals surface area contributed by atoms with Crippen molar-refractivity contribution in [2.24, 2.45) is 0 Å². The number of alkyl halides is 3. The van der Waals surface area contributed by atoms with Crippen LogP contribution in [0.3, 0.4) is 0 Å². The number of nitrogens with one attached hydrogen (secondary N) is 1. The van der Waals surface area contributed by atoms with E-state index in [1.54, 1.807) is 12.1 Å². The van der Waals surface area contributed by atoms with Crippen LogP contribution in [0, 0.1) is 5.82 Å². The standard InChI is InChI=1S/C22H17F4NO6S/c1-34(30,31)20-11-18(17(23)10-19(20)28)27-21(29)14-4-2-13(3-5-14)12-32-15-6-8-16(9-7-15)33-22(24,25)26/h2-11,28H,12H2,1H3,(H,27,29). The lowest BCUT2D eigenvalue weighted by Gasteiger charge is -2.11. The maximum Gasteiger partial charge on any atom is 0.573 e. The lowest BCUT2D eigenvalue weighted by atomic mass is 10.1. The molecule has 1 amide bonds. The summed E-state index contributed by atoms with van der Waals surface area (Å²) in [7, 11) is -3.86. The molecule has 3 aromatic rings. The van der Waals surface area contributed by atoms with Crippen LogP contribution in [-0.4, -0.2) is 32.0 Å². The molecule has 0 radical (unpaired) electrons. The van der Waals surface area contributed by atoms with Gasteiger partial charge in [-0.2, -0.15) is 0 Å². The van der Waals surface area contributed by atoms with Crippen LogP contribution in [0.4, 0.5) is 23.2 Å². The van der Waals surface area contributed by atoms with Crippen LogP contribution in [0.5, 0.6) is 17.2 Å². The molecule has 0 aliphatic heterocycles. The predicted molar refractivity (Wildman–Crippen MR) is 113 cm³/mol. The Hall–Kier alpha value is -3.80. The summed E-state index contributed by atoms with van der Waals surface area (Å²) < 4.78 is 83.3. The summed E-state index contributed by atoms with van der Waals surface area (Å²) >= 11 is 0. The highest BCUT2D eigenvalue weighted by Gasteiger charge is 2.31. The summed E-state index contributed by atoms with van der Waals surface area (Å²) in [6.45, 7) is 0.0473. The number of ether oxygens (including phenoxy) is 2. The number of anilines is 1. The van der Waals surface area contributed by atoms with Gasteiger partial charge >= 0.3 is 6.36 Å². The van der Waals surface area contributed by atoms with Gasteiger partial charge in [0.15, 0.2) is 9.84 Å². The molecule has 12 heteroatoms. The number of phenolic OH excluding ortho intramolecular Hbond substituents is 1. The van der Waals surface area contributed by atoms with Gasteiger partial charge in [-0.3, -0.25) is 4.79 Å². The smallest absolute Gasteiger partial charge is 0.506 e. The molecule has 34 heavy (non-hydrogen) atoms. The van der Waals surface area contributed by atoms with E-state index in [1.807, 2.05) is 0 Å². The summed E-state index contributed by atoms with van der Waals surface area (Å²) in [4.78, 5) is 11.9. The largest absolute Gasteiger partial charge is 0.573 e. The van der Waals surface area contributed by atoms with Crippen molar-refractivity contribution in [2.75, 3.05) is 11.6 Å². The van der Waals surface area contributed by atoms with Gasteiger partial charge in [-0.25, -0.2) is 12.8 Å². The van der Waals surface area contributed by atoms with Crippen molar-refractivity contribution in [1.82, 2.24) is 0 Å². The highest BCUT2D eigenvalue weighted by Crippen LogP contribution is 2.29. The van der Waals surface area contributed by atoms with Gasteiger partial charge in [0.25, 0.3) is 5.91 Å². The van der Waals surface area contributed by atoms with E-state index in [0.29, 0.717) is 17.4 Å². The Morgan fingerprint density at radius 3 is 2.15 bits per heavy atom. The molecule has 0 atom stereocenters. The van der Waals surface area contributed by atoms with Gasteiger partial charge in [-0.1, -0.05) is 12.1 Å². The van der Waals surface area contributed by atoms with E-state index in [-0.39, 0.29) is 17.9 Å². The van der Waals surface area contributed by atoms with E-state index in [1.165, 1.54) is 24.3 Å². The minimum atomic E-state index is -4.79. The number of rotatable bonds is 7. The lowest BCUT2D eigenvalue weighted by Crippen LogP contribution is -2.16. The molecule has 0 spiro atoms. The van der Waals surface area contributed by atoms with Crippen molar-refractivity contribution in [3.05, 3.63) is 77.6 Å². The van der Waals surface area contributed by atoms with Crippen LogP contribution >= 0.6 is 0 Å². The van der Waals surface area contributed by atoms with E-state index in [2.05, 4.69) is 10.1 Å². The topological polar surface area (TPSA) is 102 Å². The third-order valence-corrected chi connectivity index (χ3v) is 5.50. The number of halogens is 4. The number of carbonyl (C=O) groups is 1. The van der Waals surface area contributed by atoms with E-state index in [0.717, 1.165) is 24.5 Å². The van der Waals surface area contributed by atoms with Gasteiger partial charge in [0.1, 0.15) is 34.6 Å². The Labute approximate surface area is 191 Å². The number of hydrogen-bond donors (Lipinski definition) is 2. The maximum absolute atomic E-state index is 14.1. The molecule has 7 nitrogen and oxygen atoms in total. The molecule has 3 rings (SSSR count). The monoisotopic (exact) mass is 499 g/mol. The minimum Gasteiger partial charge on any atom is -0.506 e. The normalized spacial score (nSPS) is 11.7. The average molecular weight is 499 g/mol. The molecule has 3 aromatic carbocycles. The second-order valence-corrected chi connectivity index (χ2v) is 9.02. The summed E-state index contributed by atoms with van der Waals surface area (Å²) in [6, 6.07) is 12.2. The van der Waals surface area contributed by atoms with Crippen molar-refractivity contribution < 1.29 is 45.4 Å². The first-order chi connectivity index (χ1) is 15.8. The molecule has 0 aliphatic carbocycles. The third-order valence-electron chi connectivity index (χ3n) is 4.38. The number of benzene rings is 3. The number of hydrogen-bond acceptors (Lipinski definition) is 6. The molecule has 0 saturated carbocycles. The number of amides is 1. The molecule has 180 valence electrons. The van der Waals surface area contributed by atoms with Gasteiger partial charge < -0.3 is 19.9 Å². The summed E-state index contributed by atoms with van der Waals surface area (Å²) in [6.07, 6.45) is -3.96. The van der Waals surface area contributed by atoms with Crippen LogP contribution < -0.4 is 14.8 Å². The first-order valence-electron chi connectivity index (χ1n) is 9.43. The molecule has 0 unspecified atom stereocenters. The lowest BCUT2D eigenvalue weighted by molar-refractivity contribution is -0.274. The molecule has 0 aliphatic rings. The summed E-state index contributed by atoms with van der Waals surface area (Å²) in [5, 5.41) is 11.9. The number of carbonyl (C=O) groups excluding carboxylic acids is 1. The van der Waals surface area contributed by atoms with Gasteiger partial charge in [0.05, 0.1) is 5.69 Å². The fourth-order valence-electron chi connectivity index (χ4n) is 2.79. The highest BCUT2D eigenvalue weighted by atomic mass is 32.2. The van der Waals surface area contributed by atoms with Crippen molar-refractivity contribution in [3.63, 3.8) is 0 Å². The Morgan fingerprint density at radius 1 is 1.00 bits per heavy atom. The molecule has 2 N–H and O–H groups in total. The Morgan fingerprint density at radius 2 is 1.59 bits per heavy atom. The van der Waals surface area contributed by atoms with Crippen molar-refractivity contribution in [3.8, 4) is 17.2 Å². The quantitative estimate of drug-likeness (QED) is 0.279. The van der Waals surface area contributed by atoms with E-state index >= 15 is 0 Å². The summed E-state index contributed by atoms with van der Waals surface area (Å²) in [5.41, 5.74) is 0.335. The average Bonchev–Trinajstić information content (AvgIpc) is 2.73. The molecule has 0 saturated heterocycles. The molecule has 0 bridgehead atoms. The molecule has 0 heterocycles. The van der Waals surface area contributed by atoms with Gasteiger partial charge in [0, 0.05) is 17.9 Å². The zero-order valence-corrected chi connectivity index (χ0v) is 18.2. The highest BCUT2D eigenvalue weighted by molar-refractivity contribution is 7.90. The van der Waals surface area contributed by atoms with E-state index in [9.17, 15) is 35.9 Å². The Balaban J connectivity index is 1.63. The second-order valence-electron chi connectivity index (χ2n) is 7.03. The number of phenols is 1. The van der Waals surface area contributed by atoms with Gasteiger partial charge in [-0.05, 0) is 48.0 Å². The first-order valence-corrected chi connectivity index (χ1v) is 11.3. The number of sulfone groups is 1. The molecule has 0 fully saturated rings. The van der Waals surface area contributed by atoms with Crippen molar-refractivity contribution >= 4 is 21.4 Å². The predicted octanol–water partition coefficient (Wildman–Crippen LogP) is 4.66. The summed E-state index contributed by atoms with van der Waals surface area (Å²) in [5.74, 6) is -2.61. The van der Waals surface area contributed by atoms with E-state index in [4.69, 9.17) is 4.74 Å². The maximum atomic E-state index is 14.1. The van der Waals surface area contributed by atoms with E-state index < -0.39 is 44.3 Å². The second kappa shape index (κ2) is 9.59. The Kier molecular flexibility index (Phi) is 7.01. The third kappa shape index (κ3) is 6.61. The molecular formula is C22H17F4NO6S. The van der Waals surface area contributed by atoms with Crippen LogP contribution in [0.1, 0.15) is 15.9 Å². The Bertz CT molecular complexity index is 1290. The van der Waals surface area contributed by atoms with Crippen LogP contribution in [0.25, 0.3) is 0 Å². The fourth-order valence-corrected chi connectivity index (χ4v) is 3.56. The fraction of sp³-hybridized carbons (Fsp3) is 0.136. The SMILES string of the molecule is CS(=O)(=O)c1cc(NC(=O)c2ccc(COc3ccc(OC(F)(F)F)cc3)cc2)c(F)cc1O. The first kappa shape index (κ1) is 24.8. The number of aromatic hydroxyl groups is 1. The zero-order chi connectivity index (χ0) is 25.1. The van der Waals surface area contributed by atoms with Crippen molar-refractivity contribution in [1.29, 1.82) is 0 Å². The minimum absolute atomic E-state index is 0.0473. The van der Waals surface area contributed by atoms with Gasteiger partial charge in [-0.15, -0.1) is 13.2 Å². The molecular weight excluding hydrogens is 482 g/mol.